The van der Waals surface area contributed by atoms with Gasteiger partial charge < -0.3 is 18.6 Å². The van der Waals surface area contributed by atoms with Crippen LogP contribution in [0.4, 0.5) is 0 Å². The molecule has 1 aromatic carbocycles. The number of hydrogen-bond donors (Lipinski definition) is 0. The van der Waals surface area contributed by atoms with E-state index < -0.39 is 11.9 Å². The minimum absolute atomic E-state index is 0.0710. The Kier molecular flexibility index (Phi) is 5.05. The van der Waals surface area contributed by atoms with E-state index in [4.69, 9.17) is 18.6 Å². The average molecular weight is 318 g/mol. The summed E-state index contributed by atoms with van der Waals surface area (Å²) in [6.07, 6.45) is 0. The third-order valence-corrected chi connectivity index (χ3v) is 3.34. The fraction of sp³-hybridized carbons (Fsp3) is 0.294. The van der Waals surface area contributed by atoms with Crippen molar-refractivity contribution in [2.45, 2.75) is 20.5 Å². The van der Waals surface area contributed by atoms with E-state index in [1.807, 2.05) is 0 Å². The molecule has 0 aliphatic rings. The Morgan fingerprint density at radius 1 is 1.13 bits per heavy atom. The molecule has 1 aromatic heterocycles. The van der Waals surface area contributed by atoms with E-state index in [9.17, 15) is 9.59 Å². The molecule has 0 bridgehead atoms. The van der Waals surface area contributed by atoms with E-state index in [0.717, 1.165) is 5.56 Å². The fourth-order valence-electron chi connectivity index (χ4n) is 2.25. The lowest BCUT2D eigenvalue weighted by Gasteiger charge is -2.06. The fourth-order valence-corrected chi connectivity index (χ4v) is 2.25. The highest BCUT2D eigenvalue weighted by atomic mass is 16.5. The number of carbonyl (C=O) groups excluding carboxylic acids is 2. The molecular weight excluding hydrogens is 300 g/mol. The van der Waals surface area contributed by atoms with Crippen LogP contribution in [0.5, 0.6) is 5.75 Å². The first-order chi connectivity index (χ1) is 11.0. The first-order valence-electron chi connectivity index (χ1n) is 6.96. The molecule has 0 atom stereocenters. The smallest absolute Gasteiger partial charge is 0.341 e. The van der Waals surface area contributed by atoms with Crippen molar-refractivity contribution < 1.29 is 28.2 Å². The quantitative estimate of drug-likeness (QED) is 0.789. The van der Waals surface area contributed by atoms with Crippen LogP contribution >= 0.6 is 0 Å². The van der Waals surface area contributed by atoms with E-state index in [-0.39, 0.29) is 12.2 Å². The van der Waals surface area contributed by atoms with Crippen LogP contribution in [0.15, 0.2) is 28.7 Å². The van der Waals surface area contributed by atoms with E-state index in [1.54, 1.807) is 38.3 Å². The number of methoxy groups -OCH3 is 2. The lowest BCUT2D eigenvalue weighted by Crippen LogP contribution is -2.08. The molecule has 0 radical (unpaired) electrons. The zero-order valence-electron chi connectivity index (χ0n) is 13.5. The summed E-state index contributed by atoms with van der Waals surface area (Å²) < 4.78 is 20.7. The molecule has 23 heavy (non-hydrogen) atoms. The summed E-state index contributed by atoms with van der Waals surface area (Å²) in [7, 11) is 2.87. The van der Waals surface area contributed by atoms with Crippen LogP contribution in [0.1, 0.15) is 28.6 Å². The van der Waals surface area contributed by atoms with Crippen LogP contribution < -0.4 is 4.74 Å². The average Bonchev–Trinajstić information content (AvgIpc) is 2.88. The molecule has 2 rings (SSSR count). The molecule has 6 nitrogen and oxygen atoms in total. The minimum atomic E-state index is -0.534. The van der Waals surface area contributed by atoms with Gasteiger partial charge in [-0.25, -0.2) is 4.79 Å². The molecule has 0 saturated carbocycles. The van der Waals surface area contributed by atoms with Crippen LogP contribution in [-0.2, 0) is 20.9 Å². The Morgan fingerprint density at radius 3 is 2.30 bits per heavy atom. The van der Waals surface area contributed by atoms with Gasteiger partial charge in [-0.15, -0.1) is 0 Å². The molecular formula is C17H18O6. The van der Waals surface area contributed by atoms with Gasteiger partial charge in [0.2, 0.25) is 0 Å². The SMILES string of the molecule is COC(=O)c1c(C)oc(-c2ccc(OC)cc2)c1COC(C)=O. The summed E-state index contributed by atoms with van der Waals surface area (Å²) in [6.45, 7) is 2.90. The second-order valence-electron chi connectivity index (χ2n) is 4.84. The predicted octanol–water partition coefficient (Wildman–Crippen LogP) is 3.11. The molecule has 0 aliphatic carbocycles. The van der Waals surface area contributed by atoms with Crippen molar-refractivity contribution in [2.75, 3.05) is 14.2 Å². The Hall–Kier alpha value is -2.76. The monoisotopic (exact) mass is 318 g/mol. The summed E-state index contributed by atoms with van der Waals surface area (Å²) >= 11 is 0. The van der Waals surface area contributed by atoms with Crippen molar-refractivity contribution in [1.82, 2.24) is 0 Å². The maximum absolute atomic E-state index is 12.0. The van der Waals surface area contributed by atoms with Crippen molar-refractivity contribution in [3.8, 4) is 17.1 Å². The van der Waals surface area contributed by atoms with Crippen LogP contribution in [-0.4, -0.2) is 26.2 Å². The highest BCUT2D eigenvalue weighted by Crippen LogP contribution is 2.33. The number of esters is 2. The first-order valence-corrected chi connectivity index (χ1v) is 6.96. The molecule has 0 spiro atoms. The van der Waals surface area contributed by atoms with Crippen molar-refractivity contribution in [3.05, 3.63) is 41.2 Å². The van der Waals surface area contributed by atoms with Crippen molar-refractivity contribution in [3.63, 3.8) is 0 Å². The number of benzene rings is 1. The van der Waals surface area contributed by atoms with Crippen molar-refractivity contribution in [2.24, 2.45) is 0 Å². The lowest BCUT2D eigenvalue weighted by molar-refractivity contribution is -0.142. The molecule has 0 saturated heterocycles. The maximum Gasteiger partial charge on any atom is 0.341 e. The zero-order chi connectivity index (χ0) is 17.0. The molecule has 0 N–H and O–H groups in total. The molecule has 0 amide bonds. The van der Waals surface area contributed by atoms with E-state index in [0.29, 0.717) is 22.8 Å². The second-order valence-corrected chi connectivity index (χ2v) is 4.84. The Labute approximate surface area is 134 Å². The maximum atomic E-state index is 12.0. The van der Waals surface area contributed by atoms with Gasteiger partial charge in [-0.3, -0.25) is 4.79 Å². The first kappa shape index (κ1) is 16.6. The number of furan rings is 1. The summed E-state index contributed by atoms with van der Waals surface area (Å²) in [5, 5.41) is 0. The van der Waals surface area contributed by atoms with Gasteiger partial charge in [0.1, 0.15) is 29.4 Å². The molecule has 1 heterocycles. The Balaban J connectivity index is 2.52. The predicted molar refractivity (Wildman–Crippen MR) is 82.2 cm³/mol. The van der Waals surface area contributed by atoms with E-state index in [1.165, 1.54) is 14.0 Å². The van der Waals surface area contributed by atoms with Crippen LogP contribution in [0.3, 0.4) is 0 Å². The van der Waals surface area contributed by atoms with Crippen LogP contribution in [0.25, 0.3) is 11.3 Å². The highest BCUT2D eigenvalue weighted by Gasteiger charge is 2.25. The standard InChI is InChI=1S/C17H18O6/c1-10-15(17(19)21-4)14(9-22-11(2)18)16(23-10)12-5-7-13(20-3)8-6-12/h5-8H,9H2,1-4H3. The molecule has 122 valence electrons. The summed E-state index contributed by atoms with van der Waals surface area (Å²) in [5.41, 5.74) is 1.50. The molecule has 0 aliphatic heterocycles. The summed E-state index contributed by atoms with van der Waals surface area (Å²) in [6, 6.07) is 7.16. The third-order valence-electron chi connectivity index (χ3n) is 3.34. The van der Waals surface area contributed by atoms with Crippen molar-refractivity contribution >= 4 is 11.9 Å². The summed E-state index contributed by atoms with van der Waals surface area (Å²) in [4.78, 5) is 23.1. The summed E-state index contributed by atoms with van der Waals surface area (Å²) in [5.74, 6) is 0.594. The highest BCUT2D eigenvalue weighted by molar-refractivity contribution is 5.94. The molecule has 2 aromatic rings. The second kappa shape index (κ2) is 7.00. The van der Waals surface area contributed by atoms with Gasteiger partial charge >= 0.3 is 11.9 Å². The normalized spacial score (nSPS) is 10.3. The lowest BCUT2D eigenvalue weighted by atomic mass is 10.0. The van der Waals surface area contributed by atoms with Gasteiger partial charge in [-0.05, 0) is 31.2 Å². The number of carbonyl (C=O) groups is 2. The zero-order valence-corrected chi connectivity index (χ0v) is 13.5. The molecule has 0 unspecified atom stereocenters. The van der Waals surface area contributed by atoms with E-state index >= 15 is 0 Å². The molecule has 6 heteroatoms. The number of rotatable bonds is 5. The van der Waals surface area contributed by atoms with Crippen LogP contribution in [0.2, 0.25) is 0 Å². The minimum Gasteiger partial charge on any atom is -0.497 e. The van der Waals surface area contributed by atoms with Gasteiger partial charge in [0.15, 0.2) is 0 Å². The van der Waals surface area contributed by atoms with Gasteiger partial charge in [0, 0.05) is 12.5 Å². The largest absolute Gasteiger partial charge is 0.497 e. The number of ether oxygens (including phenoxy) is 3. The van der Waals surface area contributed by atoms with Crippen LogP contribution in [0, 0.1) is 6.92 Å². The number of aryl methyl sites for hydroxylation is 1. The van der Waals surface area contributed by atoms with Gasteiger partial charge in [0.05, 0.1) is 19.8 Å². The topological polar surface area (TPSA) is 75.0 Å². The van der Waals surface area contributed by atoms with E-state index in [2.05, 4.69) is 0 Å². The number of hydrogen-bond acceptors (Lipinski definition) is 6. The Bertz CT molecular complexity index is 711. The van der Waals surface area contributed by atoms with Gasteiger partial charge in [-0.1, -0.05) is 0 Å². The van der Waals surface area contributed by atoms with Gasteiger partial charge in [-0.2, -0.15) is 0 Å². The molecule has 0 fully saturated rings. The van der Waals surface area contributed by atoms with Gasteiger partial charge in [0.25, 0.3) is 0 Å². The Morgan fingerprint density at radius 2 is 1.78 bits per heavy atom. The third kappa shape index (κ3) is 3.53. The van der Waals surface area contributed by atoms with Crippen molar-refractivity contribution in [1.29, 1.82) is 0 Å².